The van der Waals surface area contributed by atoms with Crippen LogP contribution >= 0.6 is 0 Å². The third-order valence-corrected chi connectivity index (χ3v) is 3.44. The lowest BCUT2D eigenvalue weighted by molar-refractivity contribution is -0.0547. The molecule has 5 N–H and O–H groups in total. The molecule has 0 radical (unpaired) electrons. The summed E-state index contributed by atoms with van der Waals surface area (Å²) in [5.74, 6) is 9.88. The summed E-state index contributed by atoms with van der Waals surface area (Å²) >= 11 is 0. The van der Waals surface area contributed by atoms with E-state index in [0.717, 1.165) is 13.2 Å². The van der Waals surface area contributed by atoms with E-state index in [-0.39, 0.29) is 24.8 Å². The van der Waals surface area contributed by atoms with E-state index in [9.17, 15) is 4.79 Å². The van der Waals surface area contributed by atoms with E-state index in [1.54, 1.807) is 4.90 Å². The topological polar surface area (TPSA) is 131 Å². The Bertz CT molecular complexity index is 369. The molecule has 0 aromatic heterocycles. The Morgan fingerprint density at radius 1 is 1.16 bits per heavy atom. The lowest BCUT2D eigenvalue weighted by Crippen LogP contribution is -2.52. The molecule has 2 aliphatic heterocycles. The molecule has 25 heavy (non-hydrogen) atoms. The zero-order valence-electron chi connectivity index (χ0n) is 15.4. The summed E-state index contributed by atoms with van der Waals surface area (Å²) in [5.41, 5.74) is -0.497. The number of amides is 1. The van der Waals surface area contributed by atoms with Gasteiger partial charge in [-0.25, -0.2) is 16.6 Å². The Balaban J connectivity index is 0.000000293. The molecule has 2 rings (SSSR count). The highest BCUT2D eigenvalue weighted by atomic mass is 16.6. The number of hydrogen-bond acceptors (Lipinski definition) is 9. The molecule has 0 aromatic rings. The van der Waals surface area contributed by atoms with Gasteiger partial charge in [-0.2, -0.15) is 0 Å². The molecule has 10 nitrogen and oxygen atoms in total. The van der Waals surface area contributed by atoms with Crippen molar-refractivity contribution in [3.05, 3.63) is 0 Å². The molecule has 0 bridgehead atoms. The third kappa shape index (κ3) is 9.31. The van der Waals surface area contributed by atoms with Gasteiger partial charge < -0.3 is 29.2 Å². The van der Waals surface area contributed by atoms with Gasteiger partial charge >= 0.3 is 6.09 Å². The van der Waals surface area contributed by atoms with Gasteiger partial charge in [0.2, 0.25) is 0 Å². The Labute approximate surface area is 148 Å². The predicted octanol–water partition coefficient (Wildman–Crippen LogP) is -0.622. The maximum Gasteiger partial charge on any atom is 0.410 e. The van der Waals surface area contributed by atoms with Crippen molar-refractivity contribution in [2.75, 3.05) is 52.7 Å². The Kier molecular flexibility index (Phi) is 10.2. The molecule has 2 fully saturated rings. The van der Waals surface area contributed by atoms with Crippen LogP contribution in [0.4, 0.5) is 4.79 Å². The SMILES string of the molecule is CC(C)(C)OC(=O)N1CCOC[C@@H]1CON.NOC[C@H]1COCCN1. The van der Waals surface area contributed by atoms with Gasteiger partial charge in [0.1, 0.15) is 5.60 Å². The fourth-order valence-corrected chi connectivity index (χ4v) is 2.31. The molecule has 0 spiro atoms. The van der Waals surface area contributed by atoms with Crippen molar-refractivity contribution in [3.8, 4) is 0 Å². The smallest absolute Gasteiger partial charge is 0.410 e. The molecule has 2 saturated heterocycles. The number of nitrogens with one attached hydrogen (secondary N) is 1. The van der Waals surface area contributed by atoms with Crippen molar-refractivity contribution in [3.63, 3.8) is 0 Å². The van der Waals surface area contributed by atoms with Crippen LogP contribution in [0.2, 0.25) is 0 Å². The minimum absolute atomic E-state index is 0.173. The molecule has 148 valence electrons. The van der Waals surface area contributed by atoms with Gasteiger partial charge in [0.15, 0.2) is 0 Å². The fraction of sp³-hybridized carbons (Fsp3) is 0.933. The summed E-state index contributed by atoms with van der Waals surface area (Å²) in [6, 6.07) is 0.109. The van der Waals surface area contributed by atoms with Crippen LogP contribution in [0.5, 0.6) is 0 Å². The van der Waals surface area contributed by atoms with Gasteiger partial charge in [-0.3, -0.25) is 4.90 Å². The molecule has 0 aliphatic carbocycles. The maximum absolute atomic E-state index is 11.9. The van der Waals surface area contributed by atoms with E-state index in [2.05, 4.69) is 15.0 Å². The van der Waals surface area contributed by atoms with E-state index in [0.29, 0.717) is 33.0 Å². The zero-order valence-corrected chi connectivity index (χ0v) is 15.4. The zero-order chi connectivity index (χ0) is 18.7. The van der Waals surface area contributed by atoms with E-state index in [1.807, 2.05) is 20.8 Å². The lowest BCUT2D eigenvalue weighted by Gasteiger charge is -2.35. The Hall–Kier alpha value is -1.01. The highest BCUT2D eigenvalue weighted by Gasteiger charge is 2.30. The minimum Gasteiger partial charge on any atom is -0.444 e. The summed E-state index contributed by atoms with van der Waals surface area (Å²) in [7, 11) is 0. The van der Waals surface area contributed by atoms with E-state index < -0.39 is 5.60 Å². The molecule has 0 aromatic carbocycles. The lowest BCUT2D eigenvalue weighted by atomic mass is 10.2. The average molecular weight is 364 g/mol. The molecule has 2 atom stereocenters. The Morgan fingerprint density at radius 3 is 2.40 bits per heavy atom. The number of carbonyl (C=O) groups excluding carboxylic acids is 1. The van der Waals surface area contributed by atoms with Gasteiger partial charge in [0, 0.05) is 13.1 Å². The van der Waals surface area contributed by atoms with E-state index in [4.69, 9.17) is 26.0 Å². The van der Waals surface area contributed by atoms with E-state index in [1.165, 1.54) is 0 Å². The number of hydrogen-bond donors (Lipinski definition) is 3. The van der Waals surface area contributed by atoms with Crippen LogP contribution in [0, 0.1) is 0 Å². The molecule has 2 aliphatic rings. The van der Waals surface area contributed by atoms with Crippen LogP contribution in [-0.2, 0) is 23.9 Å². The van der Waals surface area contributed by atoms with Gasteiger partial charge in [-0.15, -0.1) is 0 Å². The first-order chi connectivity index (χ1) is 11.9. The summed E-state index contributed by atoms with van der Waals surface area (Å²) < 4.78 is 15.7. The van der Waals surface area contributed by atoms with Gasteiger partial charge in [-0.05, 0) is 20.8 Å². The van der Waals surface area contributed by atoms with Crippen molar-refractivity contribution in [2.45, 2.75) is 38.5 Å². The number of carbonyl (C=O) groups is 1. The van der Waals surface area contributed by atoms with Gasteiger partial charge in [0.25, 0.3) is 0 Å². The number of morpholine rings is 2. The first-order valence-corrected chi connectivity index (χ1v) is 8.39. The molecule has 10 heteroatoms. The highest BCUT2D eigenvalue weighted by molar-refractivity contribution is 5.68. The normalized spacial score (nSPS) is 24.3. The first-order valence-electron chi connectivity index (χ1n) is 8.39. The third-order valence-electron chi connectivity index (χ3n) is 3.44. The number of ether oxygens (including phenoxy) is 3. The van der Waals surface area contributed by atoms with Crippen LogP contribution in [0.15, 0.2) is 0 Å². The minimum atomic E-state index is -0.497. The van der Waals surface area contributed by atoms with Gasteiger partial charge in [0.05, 0.1) is 51.7 Å². The van der Waals surface area contributed by atoms with Crippen LogP contribution in [0.3, 0.4) is 0 Å². The number of rotatable bonds is 4. The van der Waals surface area contributed by atoms with Crippen LogP contribution in [-0.4, -0.2) is 81.4 Å². The first kappa shape index (κ1) is 22.0. The summed E-state index contributed by atoms with van der Waals surface area (Å²) in [4.78, 5) is 22.5. The van der Waals surface area contributed by atoms with Crippen molar-refractivity contribution in [2.24, 2.45) is 11.8 Å². The summed E-state index contributed by atoms with van der Waals surface area (Å²) in [6.45, 7) is 10.1. The van der Waals surface area contributed by atoms with Crippen LogP contribution in [0.25, 0.3) is 0 Å². The monoisotopic (exact) mass is 364 g/mol. The number of nitrogens with two attached hydrogens (primary N) is 2. The largest absolute Gasteiger partial charge is 0.444 e. The summed E-state index contributed by atoms with van der Waals surface area (Å²) in [6.07, 6.45) is -0.349. The second kappa shape index (κ2) is 11.6. The van der Waals surface area contributed by atoms with Gasteiger partial charge in [-0.1, -0.05) is 0 Å². The van der Waals surface area contributed by atoms with Crippen molar-refractivity contribution < 1.29 is 28.7 Å². The molecule has 2 heterocycles. The highest BCUT2D eigenvalue weighted by Crippen LogP contribution is 2.14. The van der Waals surface area contributed by atoms with Crippen molar-refractivity contribution in [1.29, 1.82) is 0 Å². The molecule has 0 unspecified atom stereocenters. The summed E-state index contributed by atoms with van der Waals surface area (Å²) in [5, 5.41) is 3.19. The van der Waals surface area contributed by atoms with E-state index >= 15 is 0 Å². The maximum atomic E-state index is 11.9. The molecule has 0 saturated carbocycles. The number of nitrogens with zero attached hydrogens (tertiary/aromatic N) is 1. The fourth-order valence-electron chi connectivity index (χ4n) is 2.31. The van der Waals surface area contributed by atoms with Crippen LogP contribution < -0.4 is 17.1 Å². The quantitative estimate of drug-likeness (QED) is 0.558. The Morgan fingerprint density at radius 2 is 1.84 bits per heavy atom. The standard InChI is InChI=1S/C10H20N2O4.C5H12N2O2/c1-10(2,3)16-9(13)12-4-5-14-6-8(12)7-15-11;6-9-4-5-3-8-2-1-7-5/h8H,4-7,11H2,1-3H3;5,7H,1-4,6H2/t8-;5-/m11/s1. The molecular weight excluding hydrogens is 332 g/mol. The molecular formula is C15H32N4O6. The second-order valence-corrected chi connectivity index (χ2v) is 6.80. The average Bonchev–Trinajstić information content (AvgIpc) is 2.56. The van der Waals surface area contributed by atoms with Crippen molar-refractivity contribution >= 4 is 6.09 Å². The van der Waals surface area contributed by atoms with Crippen molar-refractivity contribution in [1.82, 2.24) is 10.2 Å². The predicted molar refractivity (Wildman–Crippen MR) is 90.4 cm³/mol. The van der Waals surface area contributed by atoms with Crippen LogP contribution in [0.1, 0.15) is 20.8 Å². The second-order valence-electron chi connectivity index (χ2n) is 6.80. The molecule has 1 amide bonds.